The van der Waals surface area contributed by atoms with E-state index in [0.717, 1.165) is 37.3 Å². The largest absolute Gasteiger partial charge is 0.371 e. The third-order valence-corrected chi connectivity index (χ3v) is 5.52. The lowest BCUT2D eigenvalue weighted by molar-refractivity contribution is -0.121. The van der Waals surface area contributed by atoms with Crippen molar-refractivity contribution >= 4 is 40.0 Å². The number of anilines is 2. The third kappa shape index (κ3) is 2.10. The Morgan fingerprint density at radius 2 is 1.86 bits per heavy atom. The Morgan fingerprint density at radius 1 is 1.14 bits per heavy atom. The predicted octanol–water partition coefficient (Wildman–Crippen LogP) is 3.18. The molecule has 0 atom stereocenters. The van der Waals surface area contributed by atoms with Crippen LogP contribution < -0.4 is 10.2 Å². The molecule has 4 rings (SSSR count). The van der Waals surface area contributed by atoms with Crippen LogP contribution in [-0.2, 0) is 10.2 Å². The van der Waals surface area contributed by atoms with Crippen LogP contribution in [-0.4, -0.2) is 24.0 Å². The molecule has 0 saturated carbocycles. The van der Waals surface area contributed by atoms with Crippen molar-refractivity contribution in [2.24, 2.45) is 0 Å². The molecular formula is C17H16IN3O. The number of amides is 1. The molecule has 4 nitrogen and oxygen atoms in total. The highest BCUT2D eigenvalue weighted by molar-refractivity contribution is 14.1. The average molecular weight is 405 g/mol. The number of fused-ring (bicyclic) bond motifs is 2. The van der Waals surface area contributed by atoms with Gasteiger partial charge in [0.25, 0.3) is 0 Å². The van der Waals surface area contributed by atoms with Gasteiger partial charge in [-0.1, -0.05) is 6.07 Å². The summed E-state index contributed by atoms with van der Waals surface area (Å²) in [5.41, 5.74) is 1.92. The summed E-state index contributed by atoms with van der Waals surface area (Å²) in [4.78, 5) is 19.2. The molecule has 0 radical (unpaired) electrons. The molecule has 1 spiro atoms. The van der Waals surface area contributed by atoms with Crippen LogP contribution in [0.1, 0.15) is 18.4 Å². The van der Waals surface area contributed by atoms with E-state index in [1.807, 2.05) is 12.1 Å². The van der Waals surface area contributed by atoms with Gasteiger partial charge in [-0.05, 0) is 65.8 Å². The summed E-state index contributed by atoms with van der Waals surface area (Å²) < 4.78 is 1.24. The van der Waals surface area contributed by atoms with Crippen LogP contribution in [0, 0.1) is 3.57 Å². The maximum atomic E-state index is 12.5. The summed E-state index contributed by atoms with van der Waals surface area (Å²) in [5, 5.41) is 2.95. The highest BCUT2D eigenvalue weighted by Gasteiger charge is 2.48. The van der Waals surface area contributed by atoms with Gasteiger partial charge in [0.15, 0.2) is 0 Å². The topological polar surface area (TPSA) is 45.2 Å². The molecule has 0 bridgehead atoms. The number of pyridine rings is 1. The number of nitrogens with one attached hydrogen (secondary N) is 1. The van der Waals surface area contributed by atoms with E-state index < -0.39 is 0 Å². The van der Waals surface area contributed by atoms with Crippen LogP contribution in [0.2, 0.25) is 0 Å². The van der Waals surface area contributed by atoms with Crippen molar-refractivity contribution in [2.45, 2.75) is 18.3 Å². The van der Waals surface area contributed by atoms with Crippen LogP contribution in [0.15, 0.2) is 42.6 Å². The van der Waals surface area contributed by atoms with Crippen molar-refractivity contribution < 1.29 is 4.79 Å². The first-order valence-electron chi connectivity index (χ1n) is 7.46. The molecule has 2 aliphatic rings. The molecule has 1 saturated heterocycles. The summed E-state index contributed by atoms with van der Waals surface area (Å²) in [6.07, 6.45) is 3.41. The summed E-state index contributed by atoms with van der Waals surface area (Å²) in [6.45, 7) is 1.78. The van der Waals surface area contributed by atoms with E-state index in [1.54, 1.807) is 6.20 Å². The van der Waals surface area contributed by atoms with Gasteiger partial charge in [-0.2, -0.15) is 0 Å². The van der Waals surface area contributed by atoms with Crippen LogP contribution in [0.3, 0.4) is 0 Å². The molecule has 0 unspecified atom stereocenters. The summed E-state index contributed by atoms with van der Waals surface area (Å²) >= 11 is 2.32. The molecule has 2 aromatic rings. The summed E-state index contributed by atoms with van der Waals surface area (Å²) in [5.74, 6) is 0.860. The van der Waals surface area contributed by atoms with E-state index in [9.17, 15) is 4.79 Å². The molecule has 5 heteroatoms. The number of aromatic nitrogens is 1. The van der Waals surface area contributed by atoms with Crippen LogP contribution in [0.25, 0.3) is 0 Å². The molecule has 22 heavy (non-hydrogen) atoms. The first-order valence-corrected chi connectivity index (χ1v) is 8.54. The maximum absolute atomic E-state index is 12.5. The maximum Gasteiger partial charge on any atom is 0.236 e. The fraction of sp³-hybridized carbons (Fsp3) is 0.294. The Labute approximate surface area is 143 Å². The lowest BCUT2D eigenvalue weighted by Gasteiger charge is -2.39. The Balaban J connectivity index is 1.59. The van der Waals surface area contributed by atoms with E-state index in [2.05, 4.69) is 62.1 Å². The van der Waals surface area contributed by atoms with Crippen LogP contribution in [0.5, 0.6) is 0 Å². The first-order chi connectivity index (χ1) is 10.7. The van der Waals surface area contributed by atoms with Gasteiger partial charge >= 0.3 is 0 Å². The van der Waals surface area contributed by atoms with Crippen molar-refractivity contribution in [3.63, 3.8) is 0 Å². The van der Waals surface area contributed by atoms with E-state index >= 15 is 0 Å². The highest BCUT2D eigenvalue weighted by Crippen LogP contribution is 2.44. The first kappa shape index (κ1) is 14.0. The number of hydrogen-bond donors (Lipinski definition) is 1. The zero-order valence-electron chi connectivity index (χ0n) is 12.1. The second kappa shape index (κ2) is 5.22. The number of hydrogen-bond acceptors (Lipinski definition) is 3. The van der Waals surface area contributed by atoms with E-state index in [1.165, 1.54) is 9.26 Å². The minimum absolute atomic E-state index is 0.114. The van der Waals surface area contributed by atoms with Gasteiger partial charge in [-0.3, -0.25) is 4.79 Å². The highest BCUT2D eigenvalue weighted by atomic mass is 127. The van der Waals surface area contributed by atoms with Crippen molar-refractivity contribution in [2.75, 3.05) is 23.3 Å². The number of nitrogens with zero attached hydrogens (tertiary/aromatic N) is 2. The van der Waals surface area contributed by atoms with Crippen molar-refractivity contribution in [1.82, 2.24) is 4.98 Å². The standard InChI is InChI=1S/C17H16IN3O/c18-12-3-5-13(6-4-12)21-10-7-17(8-11-21)14-2-1-9-19-15(14)20-16(17)22/h1-6,9H,7-8,10-11H2,(H,19,20,22). The molecule has 1 aromatic carbocycles. The smallest absolute Gasteiger partial charge is 0.236 e. The molecular weight excluding hydrogens is 389 g/mol. The number of carbonyl (C=O) groups is 1. The van der Waals surface area contributed by atoms with E-state index in [4.69, 9.17) is 0 Å². The quantitative estimate of drug-likeness (QED) is 0.742. The van der Waals surface area contributed by atoms with E-state index in [0.29, 0.717) is 0 Å². The Hall–Kier alpha value is -1.63. The number of benzene rings is 1. The summed E-state index contributed by atoms with van der Waals surface area (Å²) in [7, 11) is 0. The lowest BCUT2D eigenvalue weighted by Crippen LogP contribution is -2.46. The SMILES string of the molecule is O=C1Nc2ncccc2C12CCN(c1ccc(I)cc1)CC2. The Morgan fingerprint density at radius 3 is 2.59 bits per heavy atom. The Bertz CT molecular complexity index is 721. The van der Waals surface area contributed by atoms with E-state index in [-0.39, 0.29) is 11.3 Å². The van der Waals surface area contributed by atoms with Gasteiger partial charge in [-0.25, -0.2) is 4.98 Å². The molecule has 1 aromatic heterocycles. The number of carbonyl (C=O) groups excluding carboxylic acids is 1. The predicted molar refractivity (Wildman–Crippen MR) is 95.2 cm³/mol. The molecule has 2 aliphatic heterocycles. The van der Waals surface area contributed by atoms with Crippen molar-refractivity contribution in [3.8, 4) is 0 Å². The fourth-order valence-electron chi connectivity index (χ4n) is 3.54. The van der Waals surface area contributed by atoms with Gasteiger partial charge in [0.1, 0.15) is 5.82 Å². The number of piperidine rings is 1. The van der Waals surface area contributed by atoms with Crippen LogP contribution >= 0.6 is 22.6 Å². The van der Waals surface area contributed by atoms with Gasteiger partial charge < -0.3 is 10.2 Å². The van der Waals surface area contributed by atoms with Crippen molar-refractivity contribution in [1.29, 1.82) is 0 Å². The third-order valence-electron chi connectivity index (χ3n) is 4.80. The minimum atomic E-state index is -0.386. The monoisotopic (exact) mass is 405 g/mol. The minimum Gasteiger partial charge on any atom is -0.371 e. The summed E-state index contributed by atoms with van der Waals surface area (Å²) in [6, 6.07) is 12.5. The normalized spacial score (nSPS) is 19.1. The molecule has 1 amide bonds. The van der Waals surface area contributed by atoms with Crippen LogP contribution in [0.4, 0.5) is 11.5 Å². The second-order valence-corrected chi connectivity index (χ2v) is 7.14. The molecule has 0 aliphatic carbocycles. The van der Waals surface area contributed by atoms with Gasteiger partial charge in [0, 0.05) is 34.1 Å². The zero-order chi connectivity index (χ0) is 15.2. The lowest BCUT2D eigenvalue weighted by atomic mass is 9.74. The molecule has 3 heterocycles. The Kier molecular flexibility index (Phi) is 3.32. The van der Waals surface area contributed by atoms with Crippen molar-refractivity contribution in [3.05, 3.63) is 51.7 Å². The number of rotatable bonds is 1. The molecule has 1 N–H and O–H groups in total. The zero-order valence-corrected chi connectivity index (χ0v) is 14.2. The van der Waals surface area contributed by atoms with Gasteiger partial charge in [-0.15, -0.1) is 0 Å². The molecule has 1 fully saturated rings. The van der Waals surface area contributed by atoms with Gasteiger partial charge in [0.05, 0.1) is 5.41 Å². The molecule has 112 valence electrons. The fourth-order valence-corrected chi connectivity index (χ4v) is 3.90. The second-order valence-electron chi connectivity index (χ2n) is 5.90. The average Bonchev–Trinajstić information content (AvgIpc) is 2.82. The van der Waals surface area contributed by atoms with Gasteiger partial charge in [0.2, 0.25) is 5.91 Å². The number of halogens is 1.